The van der Waals surface area contributed by atoms with Crippen LogP contribution in [0.3, 0.4) is 0 Å². The Hall–Kier alpha value is -2.91. The maximum atomic E-state index is 13.0. The Morgan fingerprint density at radius 2 is 2.04 bits per heavy atom. The van der Waals surface area contributed by atoms with E-state index < -0.39 is 23.9 Å². The van der Waals surface area contributed by atoms with Crippen molar-refractivity contribution < 1.29 is 18.4 Å². The van der Waals surface area contributed by atoms with Crippen molar-refractivity contribution in [2.75, 3.05) is 6.54 Å². The van der Waals surface area contributed by atoms with E-state index in [1.807, 2.05) is 0 Å². The van der Waals surface area contributed by atoms with E-state index in [4.69, 9.17) is 0 Å². The number of carbonyl (C=O) groups is 2. The van der Waals surface area contributed by atoms with E-state index in [1.165, 1.54) is 28.2 Å². The molecule has 1 saturated carbocycles. The molecule has 10 heteroatoms. The molecule has 1 atom stereocenters. The van der Waals surface area contributed by atoms with Gasteiger partial charge in [0.15, 0.2) is 0 Å². The van der Waals surface area contributed by atoms with Gasteiger partial charge < -0.3 is 10.2 Å². The van der Waals surface area contributed by atoms with Crippen LogP contribution < -0.4 is 5.32 Å². The van der Waals surface area contributed by atoms with Crippen molar-refractivity contribution in [1.29, 1.82) is 0 Å². The predicted octanol–water partition coefficient (Wildman–Crippen LogP) is 0.784. The van der Waals surface area contributed by atoms with Crippen LogP contribution in [0.15, 0.2) is 30.9 Å². The summed E-state index contributed by atoms with van der Waals surface area (Å²) in [6.07, 6.45) is 5.07. The third kappa shape index (κ3) is 3.02. The molecule has 8 nitrogen and oxygen atoms in total. The highest BCUT2D eigenvalue weighted by Gasteiger charge is 2.47. The summed E-state index contributed by atoms with van der Waals surface area (Å²) in [6.45, 7) is 0.361. The maximum absolute atomic E-state index is 13.0. The second kappa shape index (κ2) is 6.11. The minimum atomic E-state index is -2.71. The van der Waals surface area contributed by atoms with Gasteiger partial charge in [-0.2, -0.15) is 5.10 Å². The SMILES string of the molecule is O=C(NC1CC(F)(F)C1)[C@@H]1CN(C(=O)c2cnccn2)Cc2ccnn21. The van der Waals surface area contributed by atoms with Gasteiger partial charge in [0.25, 0.3) is 11.8 Å². The summed E-state index contributed by atoms with van der Waals surface area (Å²) in [6, 6.07) is 0.389. The van der Waals surface area contributed by atoms with Gasteiger partial charge >= 0.3 is 0 Å². The first-order chi connectivity index (χ1) is 12.4. The normalized spacial score (nSPS) is 21.6. The molecule has 1 aliphatic carbocycles. The Bertz CT molecular complexity index is 832. The van der Waals surface area contributed by atoms with Crippen LogP contribution in [0.1, 0.15) is 35.1 Å². The van der Waals surface area contributed by atoms with Crippen molar-refractivity contribution in [2.24, 2.45) is 0 Å². The molecule has 0 aromatic carbocycles. The quantitative estimate of drug-likeness (QED) is 0.871. The zero-order valence-electron chi connectivity index (χ0n) is 13.7. The number of amides is 2. The highest BCUT2D eigenvalue weighted by Crippen LogP contribution is 2.37. The molecule has 1 fully saturated rings. The lowest BCUT2D eigenvalue weighted by molar-refractivity contribution is -0.133. The van der Waals surface area contributed by atoms with E-state index >= 15 is 0 Å². The van der Waals surface area contributed by atoms with Crippen LogP contribution in [0.5, 0.6) is 0 Å². The van der Waals surface area contributed by atoms with Gasteiger partial charge in [-0.15, -0.1) is 0 Å². The monoisotopic (exact) mass is 362 g/mol. The van der Waals surface area contributed by atoms with Crippen molar-refractivity contribution in [3.05, 3.63) is 42.2 Å². The molecule has 4 rings (SSSR count). The van der Waals surface area contributed by atoms with Crippen LogP contribution in [0.2, 0.25) is 0 Å². The Morgan fingerprint density at radius 1 is 1.23 bits per heavy atom. The fourth-order valence-corrected chi connectivity index (χ4v) is 3.27. The number of fused-ring (bicyclic) bond motifs is 1. The minimum absolute atomic E-state index is 0.0824. The first-order valence-corrected chi connectivity index (χ1v) is 8.19. The number of nitrogens with zero attached hydrogens (tertiary/aromatic N) is 5. The standard InChI is InChI=1S/C16H16F2N6O2/c17-16(18)5-10(6-16)22-14(25)13-9-23(8-11-1-2-21-24(11)13)15(26)12-7-19-3-4-20-12/h1-4,7,10,13H,5-6,8-9H2,(H,22,25)/t13-/m0/s1. The molecule has 3 heterocycles. The van der Waals surface area contributed by atoms with Gasteiger partial charge in [0.05, 0.1) is 25.0 Å². The smallest absolute Gasteiger partial charge is 0.274 e. The largest absolute Gasteiger partial charge is 0.351 e. The van der Waals surface area contributed by atoms with Gasteiger partial charge in [-0.05, 0) is 6.07 Å². The summed E-state index contributed by atoms with van der Waals surface area (Å²) < 4.78 is 27.5. The van der Waals surface area contributed by atoms with Crippen molar-refractivity contribution in [2.45, 2.75) is 37.4 Å². The molecule has 2 aromatic heterocycles. The van der Waals surface area contributed by atoms with Crippen LogP contribution >= 0.6 is 0 Å². The van der Waals surface area contributed by atoms with Crippen LogP contribution in [-0.4, -0.2) is 55.0 Å². The van der Waals surface area contributed by atoms with E-state index in [1.54, 1.807) is 12.3 Å². The van der Waals surface area contributed by atoms with Gasteiger partial charge in [0.1, 0.15) is 11.7 Å². The number of rotatable bonds is 3. The van der Waals surface area contributed by atoms with Gasteiger partial charge in [0.2, 0.25) is 5.91 Å². The second-order valence-electron chi connectivity index (χ2n) is 6.53. The van der Waals surface area contributed by atoms with E-state index in [0.29, 0.717) is 5.69 Å². The average molecular weight is 362 g/mol. The molecule has 0 radical (unpaired) electrons. The van der Waals surface area contributed by atoms with E-state index in [-0.39, 0.29) is 37.5 Å². The summed E-state index contributed by atoms with van der Waals surface area (Å²) in [7, 11) is 0. The molecule has 0 bridgehead atoms. The lowest BCUT2D eigenvalue weighted by atomic mass is 9.88. The predicted molar refractivity (Wildman–Crippen MR) is 84.1 cm³/mol. The summed E-state index contributed by atoms with van der Waals surface area (Å²) in [5.41, 5.74) is 0.867. The molecule has 0 unspecified atom stereocenters. The summed E-state index contributed by atoms with van der Waals surface area (Å²) in [5.74, 6) is -3.49. The number of aromatic nitrogens is 4. The highest BCUT2D eigenvalue weighted by atomic mass is 19.3. The fraction of sp³-hybridized carbons (Fsp3) is 0.438. The molecule has 26 heavy (non-hydrogen) atoms. The van der Waals surface area contributed by atoms with E-state index in [9.17, 15) is 18.4 Å². The van der Waals surface area contributed by atoms with Gasteiger partial charge in [-0.3, -0.25) is 19.3 Å². The van der Waals surface area contributed by atoms with Gasteiger partial charge in [-0.25, -0.2) is 13.8 Å². The van der Waals surface area contributed by atoms with Crippen molar-refractivity contribution in [3.63, 3.8) is 0 Å². The van der Waals surface area contributed by atoms with E-state index in [0.717, 1.165) is 0 Å². The third-order valence-electron chi connectivity index (χ3n) is 4.60. The topological polar surface area (TPSA) is 93.0 Å². The number of nitrogens with one attached hydrogen (secondary N) is 1. The molecule has 1 aliphatic heterocycles. The number of halogens is 2. The van der Waals surface area contributed by atoms with Crippen LogP contribution in [0, 0.1) is 0 Å². The molecule has 1 N–H and O–H groups in total. The van der Waals surface area contributed by atoms with Crippen LogP contribution in [0.25, 0.3) is 0 Å². The lowest BCUT2D eigenvalue weighted by Crippen LogP contribution is -2.54. The second-order valence-corrected chi connectivity index (χ2v) is 6.53. The molecule has 2 amide bonds. The molecule has 0 saturated heterocycles. The summed E-state index contributed by atoms with van der Waals surface area (Å²) in [5, 5.41) is 6.77. The third-order valence-corrected chi connectivity index (χ3v) is 4.60. The van der Waals surface area contributed by atoms with Crippen molar-refractivity contribution in [3.8, 4) is 0 Å². The molecular weight excluding hydrogens is 346 g/mol. The van der Waals surface area contributed by atoms with Crippen molar-refractivity contribution in [1.82, 2.24) is 30.0 Å². The van der Waals surface area contributed by atoms with Gasteiger partial charge in [-0.1, -0.05) is 0 Å². The first kappa shape index (κ1) is 16.6. The number of alkyl halides is 2. The van der Waals surface area contributed by atoms with E-state index in [2.05, 4.69) is 20.4 Å². The maximum Gasteiger partial charge on any atom is 0.274 e. The Balaban J connectivity index is 1.51. The number of carbonyl (C=O) groups excluding carboxylic acids is 2. The van der Waals surface area contributed by atoms with Gasteiger partial charge in [0, 0.05) is 37.5 Å². The fourth-order valence-electron chi connectivity index (χ4n) is 3.27. The number of hydrogen-bond acceptors (Lipinski definition) is 5. The molecule has 136 valence electrons. The highest BCUT2D eigenvalue weighted by molar-refractivity contribution is 5.92. The minimum Gasteiger partial charge on any atom is -0.351 e. The summed E-state index contributed by atoms with van der Waals surface area (Å²) >= 11 is 0. The Kier molecular flexibility index (Phi) is 3.89. The Labute approximate surface area is 147 Å². The Morgan fingerprint density at radius 3 is 2.73 bits per heavy atom. The number of hydrogen-bond donors (Lipinski definition) is 1. The summed E-state index contributed by atoms with van der Waals surface area (Å²) in [4.78, 5) is 34.6. The van der Waals surface area contributed by atoms with Crippen molar-refractivity contribution >= 4 is 11.8 Å². The zero-order valence-corrected chi connectivity index (χ0v) is 13.7. The zero-order chi connectivity index (χ0) is 18.3. The first-order valence-electron chi connectivity index (χ1n) is 8.19. The molecular formula is C16H16F2N6O2. The molecule has 0 spiro atoms. The lowest BCUT2D eigenvalue weighted by Gasteiger charge is -2.38. The average Bonchev–Trinajstić information content (AvgIpc) is 3.08. The molecule has 2 aliphatic rings. The van der Waals surface area contributed by atoms with Crippen LogP contribution in [-0.2, 0) is 11.3 Å². The molecule has 2 aromatic rings. The van der Waals surface area contributed by atoms with Crippen LogP contribution in [0.4, 0.5) is 8.78 Å².